The number of ether oxygens (including phenoxy) is 2. The molecule has 2 aliphatic rings. The van der Waals surface area contributed by atoms with E-state index in [4.69, 9.17) is 9.47 Å². The number of nitro groups is 1. The fourth-order valence-corrected chi connectivity index (χ4v) is 3.16. The van der Waals surface area contributed by atoms with Crippen molar-refractivity contribution in [1.29, 1.82) is 0 Å². The Balaban J connectivity index is 2.16. The van der Waals surface area contributed by atoms with Gasteiger partial charge in [-0.1, -0.05) is 6.92 Å². The second-order valence-corrected chi connectivity index (χ2v) is 5.24. The van der Waals surface area contributed by atoms with Gasteiger partial charge in [0.1, 0.15) is 11.8 Å². The SMILES string of the molecule is CC1COCC2(C)OC12c1c([N+](=O)[O-])cnn1C. The van der Waals surface area contributed by atoms with Gasteiger partial charge < -0.3 is 9.47 Å². The van der Waals surface area contributed by atoms with Crippen LogP contribution in [0.3, 0.4) is 0 Å². The molecule has 0 spiro atoms. The molecule has 18 heavy (non-hydrogen) atoms. The zero-order chi connectivity index (χ0) is 13.1. The largest absolute Gasteiger partial charge is 0.378 e. The first-order valence-corrected chi connectivity index (χ1v) is 5.87. The van der Waals surface area contributed by atoms with E-state index in [9.17, 15) is 10.1 Å². The van der Waals surface area contributed by atoms with E-state index < -0.39 is 16.1 Å². The lowest BCUT2D eigenvalue weighted by Crippen LogP contribution is -2.40. The van der Waals surface area contributed by atoms with Gasteiger partial charge in [-0.15, -0.1) is 0 Å². The molecule has 1 aromatic heterocycles. The van der Waals surface area contributed by atoms with Gasteiger partial charge in [-0.05, 0) is 6.92 Å². The van der Waals surface area contributed by atoms with Crippen molar-refractivity contribution < 1.29 is 14.4 Å². The van der Waals surface area contributed by atoms with E-state index in [1.54, 1.807) is 11.7 Å². The monoisotopic (exact) mass is 253 g/mol. The Morgan fingerprint density at radius 1 is 1.67 bits per heavy atom. The first kappa shape index (κ1) is 11.6. The van der Waals surface area contributed by atoms with Gasteiger partial charge in [-0.3, -0.25) is 14.8 Å². The van der Waals surface area contributed by atoms with Crippen molar-refractivity contribution in [2.75, 3.05) is 13.2 Å². The molecule has 7 nitrogen and oxygen atoms in total. The van der Waals surface area contributed by atoms with Gasteiger partial charge in [0.25, 0.3) is 0 Å². The topological polar surface area (TPSA) is 82.7 Å². The molecule has 98 valence electrons. The Morgan fingerprint density at radius 2 is 2.39 bits per heavy atom. The molecule has 3 heterocycles. The molecular weight excluding hydrogens is 238 g/mol. The number of nitrogens with zero attached hydrogens (tertiary/aromatic N) is 3. The maximum Gasteiger partial charge on any atom is 0.313 e. The molecule has 3 rings (SSSR count). The van der Waals surface area contributed by atoms with E-state index in [1.165, 1.54) is 6.20 Å². The van der Waals surface area contributed by atoms with Crippen LogP contribution in [0.5, 0.6) is 0 Å². The molecule has 0 amide bonds. The zero-order valence-electron chi connectivity index (χ0n) is 10.5. The summed E-state index contributed by atoms with van der Waals surface area (Å²) in [6, 6.07) is 0. The van der Waals surface area contributed by atoms with Crippen LogP contribution in [0.2, 0.25) is 0 Å². The third-order valence-corrected chi connectivity index (χ3v) is 4.04. The van der Waals surface area contributed by atoms with E-state index in [-0.39, 0.29) is 11.6 Å². The van der Waals surface area contributed by atoms with E-state index in [1.807, 2.05) is 13.8 Å². The fourth-order valence-electron chi connectivity index (χ4n) is 3.16. The zero-order valence-corrected chi connectivity index (χ0v) is 10.5. The van der Waals surface area contributed by atoms with E-state index >= 15 is 0 Å². The summed E-state index contributed by atoms with van der Waals surface area (Å²) in [5.41, 5.74) is -0.553. The average molecular weight is 253 g/mol. The van der Waals surface area contributed by atoms with Gasteiger partial charge in [-0.25, -0.2) is 0 Å². The summed E-state index contributed by atoms with van der Waals surface area (Å²) < 4.78 is 12.9. The van der Waals surface area contributed by atoms with Crippen molar-refractivity contribution >= 4 is 5.69 Å². The summed E-state index contributed by atoms with van der Waals surface area (Å²) in [5.74, 6) is 0.0605. The molecule has 1 aromatic rings. The van der Waals surface area contributed by atoms with Crippen LogP contribution in [0.25, 0.3) is 0 Å². The maximum atomic E-state index is 11.1. The van der Waals surface area contributed by atoms with Crippen LogP contribution in [0.15, 0.2) is 6.20 Å². The highest BCUT2D eigenvalue weighted by Gasteiger charge is 2.75. The highest BCUT2D eigenvalue weighted by atomic mass is 16.7. The lowest BCUT2D eigenvalue weighted by molar-refractivity contribution is -0.386. The van der Waals surface area contributed by atoms with Gasteiger partial charge in [0.15, 0.2) is 11.3 Å². The molecule has 7 heteroatoms. The smallest absolute Gasteiger partial charge is 0.313 e. The van der Waals surface area contributed by atoms with Crippen molar-refractivity contribution in [1.82, 2.24) is 9.78 Å². The number of rotatable bonds is 2. The standard InChI is InChI=1S/C11H15N3O4/c1-7-5-17-6-10(2)11(7,18-10)9-8(14(15)16)4-12-13(9)3/h4,7H,5-6H2,1-3H3. The molecule has 0 aliphatic carbocycles. The van der Waals surface area contributed by atoms with Gasteiger partial charge in [0, 0.05) is 13.0 Å². The first-order chi connectivity index (χ1) is 8.42. The Bertz CT molecular complexity index is 528. The summed E-state index contributed by atoms with van der Waals surface area (Å²) in [7, 11) is 1.71. The molecule has 3 unspecified atom stereocenters. The van der Waals surface area contributed by atoms with Crippen molar-refractivity contribution in [3.8, 4) is 0 Å². The highest BCUT2D eigenvalue weighted by Crippen LogP contribution is 2.63. The number of epoxide rings is 1. The van der Waals surface area contributed by atoms with Gasteiger partial charge >= 0.3 is 5.69 Å². The van der Waals surface area contributed by atoms with Crippen LogP contribution in [0, 0.1) is 16.0 Å². The molecule has 0 radical (unpaired) electrons. The highest BCUT2D eigenvalue weighted by molar-refractivity contribution is 5.45. The van der Waals surface area contributed by atoms with Crippen LogP contribution in [0.4, 0.5) is 5.69 Å². The van der Waals surface area contributed by atoms with Gasteiger partial charge in [0.05, 0.1) is 18.1 Å². The minimum Gasteiger partial charge on any atom is -0.378 e. The predicted molar refractivity (Wildman–Crippen MR) is 61.0 cm³/mol. The second-order valence-electron chi connectivity index (χ2n) is 5.24. The molecule has 2 aliphatic heterocycles. The third kappa shape index (κ3) is 1.18. The molecular formula is C11H15N3O4. The summed E-state index contributed by atoms with van der Waals surface area (Å²) >= 11 is 0. The van der Waals surface area contributed by atoms with Crippen molar-refractivity contribution in [3.63, 3.8) is 0 Å². The summed E-state index contributed by atoms with van der Waals surface area (Å²) in [6.07, 6.45) is 1.29. The van der Waals surface area contributed by atoms with Crippen molar-refractivity contribution in [3.05, 3.63) is 22.0 Å². The predicted octanol–water partition coefficient (Wildman–Crippen LogP) is 0.979. The number of aryl methyl sites for hydroxylation is 1. The van der Waals surface area contributed by atoms with Gasteiger partial charge in [-0.2, -0.15) is 5.10 Å². The Morgan fingerprint density at radius 3 is 3.00 bits per heavy atom. The Hall–Kier alpha value is -1.47. The number of fused-ring (bicyclic) bond motifs is 1. The lowest BCUT2D eigenvalue weighted by Gasteiger charge is -2.28. The minimum absolute atomic E-state index is 0.0231. The average Bonchev–Trinajstić information content (AvgIpc) is 2.74. The van der Waals surface area contributed by atoms with E-state index in [0.717, 1.165) is 0 Å². The maximum absolute atomic E-state index is 11.1. The number of aromatic nitrogens is 2. The normalized spacial score (nSPS) is 38.3. The van der Waals surface area contributed by atoms with Gasteiger partial charge in [0.2, 0.25) is 0 Å². The molecule has 3 atom stereocenters. The second kappa shape index (κ2) is 3.30. The summed E-state index contributed by atoms with van der Waals surface area (Å²) in [6.45, 7) is 4.91. The van der Waals surface area contributed by atoms with E-state index in [2.05, 4.69) is 5.10 Å². The molecule has 0 saturated carbocycles. The molecule has 2 saturated heterocycles. The van der Waals surface area contributed by atoms with Crippen LogP contribution < -0.4 is 0 Å². The Labute approximate surface area is 104 Å². The first-order valence-electron chi connectivity index (χ1n) is 5.87. The van der Waals surface area contributed by atoms with Crippen LogP contribution in [-0.2, 0) is 22.1 Å². The molecule has 0 N–H and O–H groups in total. The van der Waals surface area contributed by atoms with Crippen LogP contribution in [0.1, 0.15) is 19.5 Å². The Kier molecular flexibility index (Phi) is 2.13. The molecule has 0 bridgehead atoms. The van der Waals surface area contributed by atoms with Crippen molar-refractivity contribution in [2.24, 2.45) is 13.0 Å². The molecule has 0 aromatic carbocycles. The van der Waals surface area contributed by atoms with Crippen LogP contribution in [-0.4, -0.2) is 33.5 Å². The number of hydrogen-bond donors (Lipinski definition) is 0. The fraction of sp³-hybridized carbons (Fsp3) is 0.727. The third-order valence-electron chi connectivity index (χ3n) is 4.04. The van der Waals surface area contributed by atoms with E-state index in [0.29, 0.717) is 18.9 Å². The quantitative estimate of drug-likeness (QED) is 0.445. The van der Waals surface area contributed by atoms with Crippen LogP contribution >= 0.6 is 0 Å². The lowest BCUT2D eigenvalue weighted by atomic mass is 9.79. The summed E-state index contributed by atoms with van der Waals surface area (Å²) in [4.78, 5) is 10.7. The minimum atomic E-state index is -0.640. The number of hydrogen-bond acceptors (Lipinski definition) is 5. The van der Waals surface area contributed by atoms with Crippen molar-refractivity contribution in [2.45, 2.75) is 25.0 Å². The summed E-state index contributed by atoms with van der Waals surface area (Å²) in [5, 5.41) is 15.1. The molecule has 2 fully saturated rings.